The first kappa shape index (κ1) is 24.4. The minimum Gasteiger partial charge on any atom is -0.338 e. The van der Waals surface area contributed by atoms with Crippen molar-refractivity contribution in [2.75, 3.05) is 25.0 Å². The standard InChI is InChI=1S/C23H20ClN7O3/c1-2-21(33)31-10-9-30(22(34)4-7-26)14-19(31)16-11-15(12-17(24)13-16)18-5-8-27-23(28-18)29-20(32)3-6-25/h2,5,8,11-13,19H,1,3-4,9-10,14H2,(H,27,28,29,32). The highest BCUT2D eigenvalue weighted by Gasteiger charge is 2.33. The van der Waals surface area contributed by atoms with Crippen LogP contribution < -0.4 is 5.32 Å². The number of nitrogens with zero attached hydrogens (tertiary/aromatic N) is 6. The van der Waals surface area contributed by atoms with E-state index in [0.29, 0.717) is 28.4 Å². The lowest BCUT2D eigenvalue weighted by Gasteiger charge is -2.41. The topological polar surface area (TPSA) is 143 Å². The van der Waals surface area contributed by atoms with Crippen molar-refractivity contribution in [3.63, 3.8) is 0 Å². The lowest BCUT2D eigenvalue weighted by Crippen LogP contribution is -2.52. The number of anilines is 1. The molecule has 1 aliphatic rings. The molecule has 1 aliphatic heterocycles. The molecule has 0 aliphatic carbocycles. The van der Waals surface area contributed by atoms with E-state index in [0.717, 1.165) is 0 Å². The molecule has 2 aromatic rings. The largest absolute Gasteiger partial charge is 0.338 e. The molecular weight excluding hydrogens is 458 g/mol. The van der Waals surface area contributed by atoms with Crippen LogP contribution >= 0.6 is 11.6 Å². The number of halogens is 1. The SMILES string of the molecule is C=CC(=O)N1CCN(C(=O)CC#N)CC1c1cc(Cl)cc(-c2ccnc(NC(=O)CC#N)n2)c1. The molecule has 1 saturated heterocycles. The highest BCUT2D eigenvalue weighted by molar-refractivity contribution is 6.31. The molecule has 3 rings (SSSR count). The molecule has 10 nitrogen and oxygen atoms in total. The number of nitriles is 2. The first-order valence-electron chi connectivity index (χ1n) is 10.2. The van der Waals surface area contributed by atoms with E-state index in [2.05, 4.69) is 21.9 Å². The molecule has 1 fully saturated rings. The van der Waals surface area contributed by atoms with Crippen molar-refractivity contribution in [1.29, 1.82) is 10.5 Å². The molecule has 1 N–H and O–H groups in total. The Kier molecular flexibility index (Phi) is 7.91. The normalized spacial score (nSPS) is 15.1. The second-order valence-electron chi connectivity index (χ2n) is 7.35. The second-order valence-corrected chi connectivity index (χ2v) is 7.78. The fourth-order valence-electron chi connectivity index (χ4n) is 3.63. The van der Waals surface area contributed by atoms with Gasteiger partial charge in [0.15, 0.2) is 0 Å². The number of aromatic nitrogens is 2. The summed E-state index contributed by atoms with van der Waals surface area (Å²) in [5.74, 6) is -1.10. The molecule has 0 bridgehead atoms. The van der Waals surface area contributed by atoms with Crippen molar-refractivity contribution in [1.82, 2.24) is 19.8 Å². The smallest absolute Gasteiger partial charge is 0.246 e. The van der Waals surface area contributed by atoms with E-state index in [4.69, 9.17) is 22.1 Å². The summed E-state index contributed by atoms with van der Waals surface area (Å²) in [5, 5.41) is 20.4. The number of hydrogen-bond acceptors (Lipinski definition) is 7. The molecular formula is C23H20ClN7O3. The maximum atomic E-state index is 12.5. The van der Waals surface area contributed by atoms with Crippen LogP contribution in [0.5, 0.6) is 0 Å². The Balaban J connectivity index is 1.97. The monoisotopic (exact) mass is 477 g/mol. The maximum absolute atomic E-state index is 12.5. The molecule has 2 heterocycles. The van der Waals surface area contributed by atoms with Gasteiger partial charge in [0.2, 0.25) is 23.7 Å². The van der Waals surface area contributed by atoms with E-state index in [1.165, 1.54) is 12.3 Å². The zero-order valence-electron chi connectivity index (χ0n) is 18.1. The number of hydrogen-bond donors (Lipinski definition) is 1. The van der Waals surface area contributed by atoms with Crippen LogP contribution in [0.3, 0.4) is 0 Å². The molecule has 172 valence electrons. The summed E-state index contributed by atoms with van der Waals surface area (Å²) >= 11 is 6.40. The number of piperazine rings is 1. The minimum atomic E-state index is -0.533. The Morgan fingerprint density at radius 2 is 1.97 bits per heavy atom. The average Bonchev–Trinajstić information content (AvgIpc) is 2.83. The summed E-state index contributed by atoms with van der Waals surface area (Å²) in [7, 11) is 0. The van der Waals surface area contributed by atoms with Gasteiger partial charge in [-0.3, -0.25) is 19.7 Å². The number of carbonyl (C=O) groups excluding carboxylic acids is 3. The molecule has 0 saturated carbocycles. The van der Waals surface area contributed by atoms with Crippen LogP contribution in [0.4, 0.5) is 5.95 Å². The predicted octanol–water partition coefficient (Wildman–Crippen LogP) is 2.46. The van der Waals surface area contributed by atoms with Gasteiger partial charge >= 0.3 is 0 Å². The first-order valence-corrected chi connectivity index (χ1v) is 10.6. The van der Waals surface area contributed by atoms with Crippen LogP contribution in [0.1, 0.15) is 24.4 Å². The number of nitrogens with one attached hydrogen (secondary N) is 1. The Labute approximate surface area is 201 Å². The van der Waals surface area contributed by atoms with Gasteiger partial charge in [0, 0.05) is 36.4 Å². The van der Waals surface area contributed by atoms with Gasteiger partial charge in [0.25, 0.3) is 0 Å². The lowest BCUT2D eigenvalue weighted by atomic mass is 9.98. The molecule has 1 unspecified atom stereocenters. The zero-order chi connectivity index (χ0) is 24.7. The molecule has 0 spiro atoms. The van der Waals surface area contributed by atoms with Crippen molar-refractivity contribution in [3.05, 3.63) is 53.7 Å². The Morgan fingerprint density at radius 3 is 2.68 bits per heavy atom. The summed E-state index contributed by atoms with van der Waals surface area (Å²) in [5.41, 5.74) is 1.73. The van der Waals surface area contributed by atoms with Gasteiger partial charge in [0.05, 0.1) is 23.9 Å². The van der Waals surface area contributed by atoms with Gasteiger partial charge in [-0.2, -0.15) is 10.5 Å². The summed E-state index contributed by atoms with van der Waals surface area (Å²) in [6.45, 7) is 4.34. The summed E-state index contributed by atoms with van der Waals surface area (Å²) in [6.07, 6.45) is 2.10. The third-order valence-corrected chi connectivity index (χ3v) is 5.39. The molecule has 34 heavy (non-hydrogen) atoms. The fourth-order valence-corrected chi connectivity index (χ4v) is 3.87. The van der Waals surface area contributed by atoms with Crippen LogP contribution in [0.25, 0.3) is 11.3 Å². The molecule has 0 radical (unpaired) electrons. The van der Waals surface area contributed by atoms with E-state index in [1.54, 1.807) is 40.1 Å². The Bertz CT molecular complexity index is 1220. The third-order valence-electron chi connectivity index (χ3n) is 5.17. The van der Waals surface area contributed by atoms with Gasteiger partial charge in [-0.05, 0) is 35.9 Å². The van der Waals surface area contributed by atoms with E-state index in [1.807, 2.05) is 6.07 Å². The van der Waals surface area contributed by atoms with Gasteiger partial charge < -0.3 is 9.80 Å². The van der Waals surface area contributed by atoms with Crippen molar-refractivity contribution in [2.45, 2.75) is 18.9 Å². The summed E-state index contributed by atoms with van der Waals surface area (Å²) in [4.78, 5) is 48.0. The van der Waals surface area contributed by atoms with Gasteiger partial charge in [-0.25, -0.2) is 9.97 Å². The fraction of sp³-hybridized carbons (Fsp3) is 0.261. The number of amides is 3. The van der Waals surface area contributed by atoms with Gasteiger partial charge in [-0.15, -0.1) is 0 Å². The minimum absolute atomic E-state index is 0.0358. The molecule has 3 amide bonds. The number of benzene rings is 1. The van der Waals surface area contributed by atoms with Crippen molar-refractivity contribution in [3.8, 4) is 23.4 Å². The second kappa shape index (κ2) is 11.0. The number of rotatable bonds is 6. The summed E-state index contributed by atoms with van der Waals surface area (Å²) < 4.78 is 0. The molecule has 11 heteroatoms. The highest BCUT2D eigenvalue weighted by Crippen LogP contribution is 2.32. The third kappa shape index (κ3) is 5.74. The van der Waals surface area contributed by atoms with Crippen molar-refractivity contribution in [2.24, 2.45) is 0 Å². The van der Waals surface area contributed by atoms with Crippen molar-refractivity contribution >= 4 is 35.3 Å². The zero-order valence-corrected chi connectivity index (χ0v) is 18.8. The van der Waals surface area contributed by atoms with E-state index >= 15 is 0 Å². The van der Waals surface area contributed by atoms with E-state index < -0.39 is 11.9 Å². The summed E-state index contributed by atoms with van der Waals surface area (Å²) in [6, 6.07) is 9.90. The lowest BCUT2D eigenvalue weighted by molar-refractivity contribution is -0.139. The first-order chi connectivity index (χ1) is 16.4. The predicted molar refractivity (Wildman–Crippen MR) is 123 cm³/mol. The van der Waals surface area contributed by atoms with Crippen LogP contribution in [-0.4, -0.2) is 57.1 Å². The van der Waals surface area contributed by atoms with Crippen LogP contribution in [0.2, 0.25) is 5.02 Å². The van der Waals surface area contributed by atoms with E-state index in [-0.39, 0.29) is 43.7 Å². The molecule has 1 aromatic carbocycles. The van der Waals surface area contributed by atoms with Gasteiger partial charge in [0.1, 0.15) is 12.8 Å². The molecule has 1 aromatic heterocycles. The molecule has 1 atom stereocenters. The average molecular weight is 478 g/mol. The highest BCUT2D eigenvalue weighted by atomic mass is 35.5. The van der Waals surface area contributed by atoms with Crippen molar-refractivity contribution < 1.29 is 14.4 Å². The van der Waals surface area contributed by atoms with E-state index in [9.17, 15) is 14.4 Å². The maximum Gasteiger partial charge on any atom is 0.246 e. The van der Waals surface area contributed by atoms with Crippen LogP contribution in [0.15, 0.2) is 43.1 Å². The van der Waals surface area contributed by atoms with Crippen LogP contribution in [0, 0.1) is 22.7 Å². The quantitative estimate of drug-likeness (QED) is 0.629. The van der Waals surface area contributed by atoms with Gasteiger partial charge in [-0.1, -0.05) is 18.2 Å². The number of carbonyl (C=O) groups is 3. The Hall–Kier alpha value is -4.28. The Morgan fingerprint density at radius 1 is 1.21 bits per heavy atom. The van der Waals surface area contributed by atoms with Crippen LogP contribution in [-0.2, 0) is 14.4 Å².